The summed E-state index contributed by atoms with van der Waals surface area (Å²) in [6, 6.07) is 9.96. The number of hydrogen-bond acceptors (Lipinski definition) is 7. The fourth-order valence-corrected chi connectivity index (χ4v) is 6.07. The Morgan fingerprint density at radius 2 is 1.71 bits per heavy atom. The predicted molar refractivity (Wildman–Crippen MR) is 145 cm³/mol. The average Bonchev–Trinajstić information content (AvgIpc) is 3.07. The van der Waals surface area contributed by atoms with Crippen LogP contribution in [0.1, 0.15) is 53.6 Å². The summed E-state index contributed by atoms with van der Waals surface area (Å²) in [6.45, 7) is 8.31. The van der Waals surface area contributed by atoms with E-state index in [1.807, 2.05) is 0 Å². The molecule has 0 bridgehead atoms. The summed E-state index contributed by atoms with van der Waals surface area (Å²) in [7, 11) is 0. The van der Waals surface area contributed by atoms with Gasteiger partial charge < -0.3 is 9.64 Å². The summed E-state index contributed by atoms with van der Waals surface area (Å²) < 4.78 is 5.95. The highest BCUT2D eigenvalue weighted by molar-refractivity contribution is 6.05. The first-order valence-corrected chi connectivity index (χ1v) is 13.9. The van der Waals surface area contributed by atoms with Crippen LogP contribution in [0.3, 0.4) is 0 Å². The largest absolute Gasteiger partial charge is 0.455 e. The lowest BCUT2D eigenvalue weighted by molar-refractivity contribution is -0.141. The van der Waals surface area contributed by atoms with Crippen molar-refractivity contribution < 1.29 is 19.1 Å². The van der Waals surface area contributed by atoms with Gasteiger partial charge in [-0.3, -0.25) is 24.4 Å². The Labute approximate surface area is 225 Å². The second-order valence-electron chi connectivity index (χ2n) is 11.0. The Hall–Kier alpha value is -3.26. The number of anilines is 1. The summed E-state index contributed by atoms with van der Waals surface area (Å²) >= 11 is 0. The summed E-state index contributed by atoms with van der Waals surface area (Å²) in [5.41, 5.74) is 4.16. The summed E-state index contributed by atoms with van der Waals surface area (Å²) in [6.07, 6.45) is 6.96. The Balaban J connectivity index is 1.29. The Kier molecular flexibility index (Phi) is 8.07. The molecule has 0 spiro atoms. The van der Waals surface area contributed by atoms with E-state index in [1.54, 1.807) is 18.3 Å². The van der Waals surface area contributed by atoms with Gasteiger partial charge in [-0.15, -0.1) is 0 Å². The Morgan fingerprint density at radius 1 is 0.947 bits per heavy atom. The molecule has 5 rings (SSSR count). The molecule has 202 valence electrons. The molecule has 2 aromatic rings. The van der Waals surface area contributed by atoms with Gasteiger partial charge in [-0.2, -0.15) is 0 Å². The highest BCUT2D eigenvalue weighted by Gasteiger charge is 2.48. The molecule has 1 aromatic heterocycles. The molecule has 3 atom stereocenters. The van der Waals surface area contributed by atoms with E-state index in [0.717, 1.165) is 58.3 Å². The van der Waals surface area contributed by atoms with Gasteiger partial charge in [0, 0.05) is 50.8 Å². The van der Waals surface area contributed by atoms with E-state index < -0.39 is 12.1 Å². The molecular weight excluding hydrogens is 480 g/mol. The minimum Gasteiger partial charge on any atom is -0.455 e. The van der Waals surface area contributed by atoms with Crippen molar-refractivity contribution >= 4 is 23.5 Å². The second-order valence-corrected chi connectivity index (χ2v) is 11.0. The number of likely N-dealkylation sites (tertiary alicyclic amines) is 1. The Morgan fingerprint density at radius 3 is 2.39 bits per heavy atom. The minimum absolute atomic E-state index is 0.0982. The number of imide groups is 1. The van der Waals surface area contributed by atoms with Gasteiger partial charge in [0.2, 0.25) is 11.8 Å². The third-order valence-electron chi connectivity index (χ3n) is 8.40. The fourth-order valence-electron chi connectivity index (χ4n) is 6.07. The third kappa shape index (κ3) is 5.75. The number of carbonyl (C=O) groups is 3. The van der Waals surface area contributed by atoms with Gasteiger partial charge in [0.05, 0.1) is 23.9 Å². The number of carbonyl (C=O) groups excluding carboxylic acids is 3. The zero-order valence-electron chi connectivity index (χ0n) is 22.5. The number of ether oxygens (including phenoxy) is 1. The predicted octanol–water partition coefficient (Wildman–Crippen LogP) is 3.61. The summed E-state index contributed by atoms with van der Waals surface area (Å²) in [4.78, 5) is 49.4. The zero-order chi connectivity index (χ0) is 26.6. The van der Waals surface area contributed by atoms with E-state index in [4.69, 9.17) is 4.74 Å². The van der Waals surface area contributed by atoms with Gasteiger partial charge >= 0.3 is 5.97 Å². The Bertz CT molecular complexity index is 1150. The normalized spacial score (nSPS) is 23.2. The second kappa shape index (κ2) is 11.6. The lowest BCUT2D eigenvalue weighted by Crippen LogP contribution is -2.46. The molecule has 1 aliphatic carbocycles. The molecule has 2 aliphatic heterocycles. The molecular formula is C30H38N4O4. The van der Waals surface area contributed by atoms with Crippen LogP contribution in [0.2, 0.25) is 0 Å². The molecule has 8 heteroatoms. The molecule has 0 radical (unpaired) electrons. The number of aryl methyl sites for hydroxylation is 2. The van der Waals surface area contributed by atoms with Crippen molar-refractivity contribution in [3.05, 3.63) is 59.4 Å². The van der Waals surface area contributed by atoms with E-state index in [0.29, 0.717) is 12.1 Å². The number of nitrogens with zero attached hydrogens (tertiary/aromatic N) is 4. The lowest BCUT2D eigenvalue weighted by Gasteiger charge is -2.29. The maximum absolute atomic E-state index is 13.2. The summed E-state index contributed by atoms with van der Waals surface area (Å²) in [5, 5.41) is 0. The van der Waals surface area contributed by atoms with Crippen LogP contribution in [0.15, 0.2) is 42.7 Å². The van der Waals surface area contributed by atoms with Crippen LogP contribution in [0.5, 0.6) is 0 Å². The van der Waals surface area contributed by atoms with Gasteiger partial charge in [0.25, 0.3) is 0 Å². The van der Waals surface area contributed by atoms with Crippen molar-refractivity contribution in [2.45, 2.75) is 52.1 Å². The number of aromatic nitrogens is 1. The maximum Gasteiger partial charge on any atom is 0.340 e. The lowest BCUT2D eigenvalue weighted by atomic mass is 9.81. The van der Waals surface area contributed by atoms with Gasteiger partial charge in [-0.05, 0) is 68.5 Å². The van der Waals surface area contributed by atoms with E-state index in [-0.39, 0.29) is 30.2 Å². The highest BCUT2D eigenvalue weighted by Crippen LogP contribution is 2.38. The molecule has 3 unspecified atom stereocenters. The summed E-state index contributed by atoms with van der Waals surface area (Å²) in [5.74, 6) is -1.10. The minimum atomic E-state index is -0.607. The molecule has 0 N–H and O–H groups in total. The van der Waals surface area contributed by atoms with Gasteiger partial charge in [-0.1, -0.05) is 18.9 Å². The van der Waals surface area contributed by atoms with Crippen molar-refractivity contribution in [2.24, 2.45) is 11.8 Å². The molecule has 2 amide bonds. The van der Waals surface area contributed by atoms with E-state index in [2.05, 4.69) is 46.8 Å². The molecule has 2 saturated heterocycles. The van der Waals surface area contributed by atoms with Crippen LogP contribution >= 0.6 is 0 Å². The van der Waals surface area contributed by atoms with Crippen LogP contribution < -0.4 is 4.90 Å². The molecule has 8 nitrogen and oxygen atoms in total. The van der Waals surface area contributed by atoms with Gasteiger partial charge in [0.15, 0.2) is 0 Å². The van der Waals surface area contributed by atoms with Crippen molar-refractivity contribution in [1.82, 2.24) is 14.8 Å². The van der Waals surface area contributed by atoms with Crippen LogP contribution in [0.25, 0.3) is 0 Å². The molecule has 3 aliphatic rings. The van der Waals surface area contributed by atoms with E-state index >= 15 is 0 Å². The number of amides is 2. The number of benzene rings is 1. The van der Waals surface area contributed by atoms with E-state index in [1.165, 1.54) is 27.9 Å². The third-order valence-corrected chi connectivity index (χ3v) is 8.40. The first kappa shape index (κ1) is 26.4. The monoisotopic (exact) mass is 518 g/mol. The zero-order valence-corrected chi connectivity index (χ0v) is 22.5. The van der Waals surface area contributed by atoms with Crippen molar-refractivity contribution in [2.75, 3.05) is 44.2 Å². The first-order valence-electron chi connectivity index (χ1n) is 13.9. The number of rotatable bonds is 7. The topological polar surface area (TPSA) is 83.0 Å². The molecule has 3 heterocycles. The average molecular weight is 519 g/mol. The number of pyridine rings is 1. The molecule has 1 aromatic carbocycles. The standard InChI is InChI=1S/C30H38N4O4/c1-21-10-11-24(17-22(21)2)33-14-6-13-32(15-16-33)19-25(38-30(37)23-7-5-12-31-18-23)20-34-28(35)26-8-3-4-9-27(26)29(34)36/h5,7,10-12,17-18,25-27H,3-4,6,8-9,13-16,19-20H2,1-2H3. The first-order chi connectivity index (χ1) is 18.4. The number of fused-ring (bicyclic) bond motifs is 1. The van der Waals surface area contributed by atoms with Crippen molar-refractivity contribution in [1.29, 1.82) is 0 Å². The fraction of sp³-hybridized carbons (Fsp3) is 0.533. The van der Waals surface area contributed by atoms with Crippen LogP contribution in [-0.2, 0) is 14.3 Å². The van der Waals surface area contributed by atoms with Crippen LogP contribution in [0.4, 0.5) is 5.69 Å². The number of hydrogen-bond donors (Lipinski definition) is 0. The quantitative estimate of drug-likeness (QED) is 0.409. The van der Waals surface area contributed by atoms with Gasteiger partial charge in [-0.25, -0.2) is 4.79 Å². The van der Waals surface area contributed by atoms with Crippen molar-refractivity contribution in [3.63, 3.8) is 0 Å². The highest BCUT2D eigenvalue weighted by atomic mass is 16.5. The van der Waals surface area contributed by atoms with E-state index in [9.17, 15) is 14.4 Å². The molecule has 1 saturated carbocycles. The van der Waals surface area contributed by atoms with Gasteiger partial charge in [0.1, 0.15) is 6.10 Å². The molecule has 38 heavy (non-hydrogen) atoms. The smallest absolute Gasteiger partial charge is 0.340 e. The van der Waals surface area contributed by atoms with Crippen LogP contribution in [0, 0.1) is 25.7 Å². The van der Waals surface area contributed by atoms with Crippen molar-refractivity contribution in [3.8, 4) is 0 Å². The SMILES string of the molecule is Cc1ccc(N2CCCN(CC(CN3C(=O)C4CCCCC4C3=O)OC(=O)c3cccnc3)CC2)cc1C. The molecule has 3 fully saturated rings. The van der Waals surface area contributed by atoms with Crippen LogP contribution in [-0.4, -0.2) is 77.9 Å². The number of esters is 1. The maximum atomic E-state index is 13.2.